The highest BCUT2D eigenvalue weighted by molar-refractivity contribution is 8.01. The molecule has 0 saturated carbocycles. The van der Waals surface area contributed by atoms with Gasteiger partial charge in [-0.2, -0.15) is 11.8 Å². The molecule has 0 aliphatic carbocycles. The van der Waals surface area contributed by atoms with E-state index in [9.17, 15) is 8.42 Å². The summed E-state index contributed by atoms with van der Waals surface area (Å²) < 4.78 is 22.5. The first-order valence-electron chi connectivity index (χ1n) is 6.24. The number of sulfone groups is 1. The van der Waals surface area contributed by atoms with E-state index in [4.69, 9.17) is 0 Å². The molecule has 0 spiro atoms. The van der Waals surface area contributed by atoms with Gasteiger partial charge in [-0.3, -0.25) is 0 Å². The van der Waals surface area contributed by atoms with Crippen molar-refractivity contribution >= 4 is 21.6 Å². The van der Waals surface area contributed by atoms with E-state index in [-0.39, 0.29) is 0 Å². The Balaban J connectivity index is 2.27. The topological polar surface area (TPSA) is 37.4 Å². The highest BCUT2D eigenvalue weighted by atomic mass is 32.2. The monoisotopic (exact) mass is 279 g/mol. The van der Waals surface area contributed by atoms with Gasteiger partial charge in [0.05, 0.1) is 5.75 Å². The van der Waals surface area contributed by atoms with E-state index in [2.05, 4.69) is 37.4 Å². The van der Waals surface area contributed by atoms with Gasteiger partial charge in [0, 0.05) is 22.8 Å². The lowest BCUT2D eigenvalue weighted by Gasteiger charge is -2.34. The fourth-order valence-electron chi connectivity index (χ4n) is 2.05. The lowest BCUT2D eigenvalue weighted by Crippen LogP contribution is -2.38. The van der Waals surface area contributed by atoms with Gasteiger partial charge in [-0.05, 0) is 25.9 Å². The van der Waals surface area contributed by atoms with Gasteiger partial charge in [0.25, 0.3) is 0 Å². The fraction of sp³-hybridized carbons (Fsp3) is 1.00. The molecule has 1 fully saturated rings. The van der Waals surface area contributed by atoms with E-state index in [0.29, 0.717) is 17.0 Å². The Labute approximate surface area is 110 Å². The molecule has 3 nitrogen and oxygen atoms in total. The summed E-state index contributed by atoms with van der Waals surface area (Å²) in [5, 5.41) is 0.740. The van der Waals surface area contributed by atoms with E-state index >= 15 is 0 Å². The third kappa shape index (κ3) is 7.32. The normalized spacial score (nSPS) is 20.7. The van der Waals surface area contributed by atoms with Crippen molar-refractivity contribution in [1.82, 2.24) is 4.90 Å². The van der Waals surface area contributed by atoms with Crippen LogP contribution in [0.25, 0.3) is 0 Å². The highest BCUT2D eigenvalue weighted by Gasteiger charge is 2.24. The van der Waals surface area contributed by atoms with Gasteiger partial charge < -0.3 is 4.90 Å². The molecule has 0 aromatic heterocycles. The summed E-state index contributed by atoms with van der Waals surface area (Å²) in [4.78, 5) is 2.28. The Morgan fingerprint density at radius 2 is 1.76 bits per heavy atom. The lowest BCUT2D eigenvalue weighted by atomic mass is 10.1. The molecule has 0 aromatic carbocycles. The SMILES string of the molecule is CC(C)(C)SC1CCN(CCS(C)(=O)=O)CC1. The van der Waals surface area contributed by atoms with Crippen molar-refractivity contribution in [2.24, 2.45) is 0 Å². The largest absolute Gasteiger partial charge is 0.302 e. The Morgan fingerprint density at radius 1 is 1.24 bits per heavy atom. The summed E-state index contributed by atoms with van der Waals surface area (Å²) in [7, 11) is -2.81. The maximum atomic E-state index is 11.1. The Bertz CT molecular complexity index is 325. The molecular weight excluding hydrogens is 254 g/mol. The minimum Gasteiger partial charge on any atom is -0.302 e. The van der Waals surface area contributed by atoms with E-state index in [1.165, 1.54) is 19.1 Å². The summed E-state index contributed by atoms with van der Waals surface area (Å²) in [6.07, 6.45) is 3.69. The van der Waals surface area contributed by atoms with Crippen LogP contribution in [0.3, 0.4) is 0 Å². The number of rotatable bonds is 4. The van der Waals surface area contributed by atoms with E-state index in [1.807, 2.05) is 0 Å². The molecular formula is C12H25NO2S2. The van der Waals surface area contributed by atoms with Crippen LogP contribution in [0.4, 0.5) is 0 Å². The fourth-order valence-corrected chi connectivity index (χ4v) is 4.08. The minimum atomic E-state index is -2.81. The van der Waals surface area contributed by atoms with Gasteiger partial charge >= 0.3 is 0 Å². The number of hydrogen-bond donors (Lipinski definition) is 0. The molecule has 17 heavy (non-hydrogen) atoms. The minimum absolute atomic E-state index is 0.296. The van der Waals surface area contributed by atoms with E-state index in [0.717, 1.165) is 18.3 Å². The molecule has 1 aliphatic heterocycles. The Morgan fingerprint density at radius 3 is 2.18 bits per heavy atom. The number of thioether (sulfide) groups is 1. The molecule has 0 bridgehead atoms. The average molecular weight is 279 g/mol. The molecule has 102 valence electrons. The van der Waals surface area contributed by atoms with Gasteiger partial charge in [-0.25, -0.2) is 8.42 Å². The van der Waals surface area contributed by atoms with Crippen molar-refractivity contribution in [3.63, 3.8) is 0 Å². The van der Waals surface area contributed by atoms with Crippen LogP contribution in [0.2, 0.25) is 0 Å². The predicted molar refractivity (Wildman–Crippen MR) is 76.5 cm³/mol. The van der Waals surface area contributed by atoms with Crippen molar-refractivity contribution in [2.75, 3.05) is 31.6 Å². The molecule has 1 rings (SSSR count). The predicted octanol–water partition coefficient (Wildman–Crippen LogP) is 2.03. The lowest BCUT2D eigenvalue weighted by molar-refractivity contribution is 0.245. The summed E-state index contributed by atoms with van der Waals surface area (Å²) in [5.74, 6) is 0.296. The quantitative estimate of drug-likeness (QED) is 0.789. The van der Waals surface area contributed by atoms with Crippen molar-refractivity contribution in [3.8, 4) is 0 Å². The van der Waals surface area contributed by atoms with Crippen LogP contribution in [0.1, 0.15) is 33.6 Å². The number of likely N-dealkylation sites (tertiary alicyclic amines) is 1. The second kappa shape index (κ2) is 5.93. The van der Waals surface area contributed by atoms with Crippen molar-refractivity contribution in [1.29, 1.82) is 0 Å². The summed E-state index contributed by atoms with van der Waals surface area (Å²) in [5.41, 5.74) is 0. The van der Waals surface area contributed by atoms with Crippen LogP contribution >= 0.6 is 11.8 Å². The zero-order valence-corrected chi connectivity index (χ0v) is 13.0. The van der Waals surface area contributed by atoms with Crippen LogP contribution in [0, 0.1) is 0 Å². The van der Waals surface area contributed by atoms with Crippen molar-refractivity contribution in [3.05, 3.63) is 0 Å². The number of nitrogens with zero attached hydrogens (tertiary/aromatic N) is 1. The van der Waals surface area contributed by atoms with Gasteiger partial charge in [0.1, 0.15) is 9.84 Å². The first-order chi connectivity index (χ1) is 7.66. The zero-order valence-electron chi connectivity index (χ0n) is 11.4. The summed E-state index contributed by atoms with van der Waals surface area (Å²) in [6, 6.07) is 0. The first kappa shape index (κ1) is 15.3. The van der Waals surface area contributed by atoms with Crippen LogP contribution in [0.5, 0.6) is 0 Å². The highest BCUT2D eigenvalue weighted by Crippen LogP contribution is 2.33. The molecule has 0 unspecified atom stereocenters. The number of piperidine rings is 1. The molecule has 1 heterocycles. The molecule has 5 heteroatoms. The standard InChI is InChI=1S/C12H25NO2S2/c1-12(2,3)16-11-5-7-13(8-6-11)9-10-17(4,14)15/h11H,5-10H2,1-4H3. The van der Waals surface area contributed by atoms with E-state index in [1.54, 1.807) is 0 Å². The molecule has 0 atom stereocenters. The first-order valence-corrected chi connectivity index (χ1v) is 9.18. The Hall–Kier alpha value is 0.260. The maximum absolute atomic E-state index is 11.1. The molecule has 0 radical (unpaired) electrons. The van der Waals surface area contributed by atoms with Crippen LogP contribution < -0.4 is 0 Å². The second-order valence-corrected chi connectivity index (χ2v) is 10.3. The molecule has 0 amide bonds. The smallest absolute Gasteiger partial charge is 0.148 e. The second-order valence-electron chi connectivity index (χ2n) is 5.90. The number of hydrogen-bond acceptors (Lipinski definition) is 4. The van der Waals surface area contributed by atoms with Gasteiger partial charge in [-0.15, -0.1) is 0 Å². The van der Waals surface area contributed by atoms with E-state index < -0.39 is 9.84 Å². The van der Waals surface area contributed by atoms with Crippen LogP contribution in [0.15, 0.2) is 0 Å². The van der Waals surface area contributed by atoms with Crippen molar-refractivity contribution in [2.45, 2.75) is 43.6 Å². The molecule has 0 aromatic rings. The summed E-state index contributed by atoms with van der Waals surface area (Å²) in [6.45, 7) is 9.56. The molecule has 1 saturated heterocycles. The third-order valence-corrected chi connectivity index (χ3v) is 5.27. The molecule has 1 aliphatic rings. The van der Waals surface area contributed by atoms with Gasteiger partial charge in [0.15, 0.2) is 0 Å². The average Bonchev–Trinajstić information content (AvgIpc) is 2.13. The van der Waals surface area contributed by atoms with Crippen LogP contribution in [-0.4, -0.2) is 55.0 Å². The van der Waals surface area contributed by atoms with Gasteiger partial charge in [-0.1, -0.05) is 20.8 Å². The van der Waals surface area contributed by atoms with Gasteiger partial charge in [0.2, 0.25) is 0 Å². The summed E-state index contributed by atoms with van der Waals surface area (Å²) >= 11 is 2.06. The third-order valence-electron chi connectivity index (χ3n) is 2.83. The van der Waals surface area contributed by atoms with Crippen molar-refractivity contribution < 1.29 is 8.42 Å². The Kier molecular flexibility index (Phi) is 5.35. The maximum Gasteiger partial charge on any atom is 0.148 e. The van der Waals surface area contributed by atoms with Crippen LogP contribution in [-0.2, 0) is 9.84 Å². The zero-order chi connectivity index (χ0) is 13.1. The molecule has 0 N–H and O–H groups in total.